The first-order valence-electron chi connectivity index (χ1n) is 4.62. The molecule has 1 aromatic rings. The smallest absolute Gasteiger partial charge is 0.0721 e. The molecule has 0 amide bonds. The first kappa shape index (κ1) is 7.35. The summed E-state index contributed by atoms with van der Waals surface area (Å²) in [5.41, 5.74) is 3.98. The molecule has 0 saturated heterocycles. The van der Waals surface area contributed by atoms with E-state index in [1.54, 1.807) is 0 Å². The Labute approximate surface area is 77.1 Å². The second kappa shape index (κ2) is 2.72. The van der Waals surface area contributed by atoms with Crippen molar-refractivity contribution in [3.05, 3.63) is 29.3 Å². The molecule has 2 N–H and O–H groups in total. The van der Waals surface area contributed by atoms with Crippen molar-refractivity contribution >= 4 is 5.69 Å². The Morgan fingerprint density at radius 2 is 2.38 bits per heavy atom. The Hall–Kier alpha value is -1.06. The lowest BCUT2D eigenvalue weighted by molar-refractivity contribution is 0.0818. The highest BCUT2D eigenvalue weighted by molar-refractivity contribution is 5.58. The van der Waals surface area contributed by atoms with E-state index in [2.05, 4.69) is 28.8 Å². The fourth-order valence-corrected chi connectivity index (χ4v) is 2.11. The van der Waals surface area contributed by atoms with Crippen molar-refractivity contribution in [3.63, 3.8) is 0 Å². The molecule has 2 aliphatic heterocycles. The van der Waals surface area contributed by atoms with Crippen molar-refractivity contribution in [1.82, 2.24) is 5.32 Å². The molecule has 0 aromatic heterocycles. The van der Waals surface area contributed by atoms with Crippen LogP contribution in [0.1, 0.15) is 17.2 Å². The molecule has 0 bridgehead atoms. The molecule has 0 saturated carbocycles. The Morgan fingerprint density at radius 3 is 3.38 bits per heavy atom. The van der Waals surface area contributed by atoms with E-state index >= 15 is 0 Å². The number of hydrogen-bond acceptors (Lipinski definition) is 3. The molecule has 3 nitrogen and oxygen atoms in total. The molecule has 13 heavy (non-hydrogen) atoms. The van der Waals surface area contributed by atoms with Crippen LogP contribution in [0.5, 0.6) is 0 Å². The summed E-state index contributed by atoms with van der Waals surface area (Å²) >= 11 is 0. The van der Waals surface area contributed by atoms with Crippen molar-refractivity contribution in [1.29, 1.82) is 0 Å². The summed E-state index contributed by atoms with van der Waals surface area (Å²) < 4.78 is 5.50. The zero-order valence-corrected chi connectivity index (χ0v) is 7.34. The summed E-state index contributed by atoms with van der Waals surface area (Å²) in [5.74, 6) is 0. The lowest BCUT2D eigenvalue weighted by atomic mass is 9.96. The Kier molecular flexibility index (Phi) is 1.54. The molecule has 0 spiro atoms. The van der Waals surface area contributed by atoms with Crippen LogP contribution in [0.25, 0.3) is 0 Å². The molecule has 1 aromatic carbocycles. The standard InChI is InChI=1S/C10H12N2O/c1-2-7-4-13-5-9-10(7)8(3-1)11-6-12-9/h1-3,9,11-12H,4-6H2. The van der Waals surface area contributed by atoms with Crippen LogP contribution in [0, 0.1) is 0 Å². The Bertz CT molecular complexity index is 309. The molecular formula is C10H12N2O. The van der Waals surface area contributed by atoms with E-state index in [0.717, 1.165) is 19.9 Å². The van der Waals surface area contributed by atoms with E-state index in [4.69, 9.17) is 4.74 Å². The van der Waals surface area contributed by atoms with Gasteiger partial charge in [0.1, 0.15) is 0 Å². The molecule has 1 atom stereocenters. The van der Waals surface area contributed by atoms with Crippen LogP contribution in [0.4, 0.5) is 5.69 Å². The van der Waals surface area contributed by atoms with Gasteiger partial charge in [0, 0.05) is 11.3 Å². The van der Waals surface area contributed by atoms with Crippen LogP contribution in [0.15, 0.2) is 18.2 Å². The topological polar surface area (TPSA) is 33.3 Å². The van der Waals surface area contributed by atoms with Crippen LogP contribution in [0.3, 0.4) is 0 Å². The SMILES string of the molecule is c1cc2c3c(c1)NCNC3COC2. The van der Waals surface area contributed by atoms with E-state index in [0.29, 0.717) is 6.04 Å². The van der Waals surface area contributed by atoms with Gasteiger partial charge in [-0.05, 0) is 11.6 Å². The van der Waals surface area contributed by atoms with Crippen molar-refractivity contribution in [2.24, 2.45) is 0 Å². The van der Waals surface area contributed by atoms with Crippen LogP contribution in [-0.4, -0.2) is 13.3 Å². The number of anilines is 1. The minimum absolute atomic E-state index is 0.390. The Morgan fingerprint density at radius 1 is 1.38 bits per heavy atom. The van der Waals surface area contributed by atoms with E-state index < -0.39 is 0 Å². The first-order chi connectivity index (χ1) is 6.45. The first-order valence-corrected chi connectivity index (χ1v) is 4.62. The fourth-order valence-electron chi connectivity index (χ4n) is 2.11. The number of nitrogens with one attached hydrogen (secondary N) is 2. The highest BCUT2D eigenvalue weighted by Gasteiger charge is 2.25. The van der Waals surface area contributed by atoms with Crippen LogP contribution >= 0.6 is 0 Å². The number of hydrogen-bond donors (Lipinski definition) is 2. The van der Waals surface area contributed by atoms with Gasteiger partial charge < -0.3 is 10.1 Å². The summed E-state index contributed by atoms with van der Waals surface area (Å²) in [6, 6.07) is 6.75. The molecular weight excluding hydrogens is 164 g/mol. The van der Waals surface area contributed by atoms with E-state index in [9.17, 15) is 0 Å². The maximum atomic E-state index is 5.50. The second-order valence-corrected chi connectivity index (χ2v) is 3.50. The monoisotopic (exact) mass is 176 g/mol. The van der Waals surface area contributed by atoms with Crippen molar-refractivity contribution < 1.29 is 4.74 Å². The van der Waals surface area contributed by atoms with Gasteiger partial charge >= 0.3 is 0 Å². The second-order valence-electron chi connectivity index (χ2n) is 3.50. The van der Waals surface area contributed by atoms with E-state index in [-0.39, 0.29) is 0 Å². The minimum atomic E-state index is 0.390. The maximum absolute atomic E-state index is 5.50. The average molecular weight is 176 g/mol. The maximum Gasteiger partial charge on any atom is 0.0721 e. The molecule has 3 heteroatoms. The third-order valence-corrected chi connectivity index (χ3v) is 2.71. The molecule has 3 rings (SSSR count). The zero-order chi connectivity index (χ0) is 8.67. The van der Waals surface area contributed by atoms with Crippen LogP contribution < -0.4 is 10.6 Å². The van der Waals surface area contributed by atoms with Gasteiger partial charge in [-0.25, -0.2) is 0 Å². The van der Waals surface area contributed by atoms with Gasteiger partial charge in [0.15, 0.2) is 0 Å². The minimum Gasteiger partial charge on any atom is -0.375 e. The molecule has 0 fully saturated rings. The highest BCUT2D eigenvalue weighted by Crippen LogP contribution is 2.33. The summed E-state index contributed by atoms with van der Waals surface area (Å²) in [5, 5.41) is 6.72. The van der Waals surface area contributed by atoms with Crippen LogP contribution in [-0.2, 0) is 11.3 Å². The molecule has 2 heterocycles. The number of benzene rings is 1. The van der Waals surface area contributed by atoms with Gasteiger partial charge in [0.05, 0.1) is 25.9 Å². The average Bonchev–Trinajstić information content (AvgIpc) is 2.19. The zero-order valence-electron chi connectivity index (χ0n) is 7.34. The van der Waals surface area contributed by atoms with E-state index in [1.807, 2.05) is 0 Å². The summed E-state index contributed by atoms with van der Waals surface area (Å²) in [6.45, 7) is 2.39. The predicted octanol–water partition coefficient (Wildman–Crippen LogP) is 1.23. The third kappa shape index (κ3) is 1.04. The summed E-state index contributed by atoms with van der Waals surface area (Å²) in [4.78, 5) is 0. The third-order valence-electron chi connectivity index (χ3n) is 2.71. The van der Waals surface area contributed by atoms with Gasteiger partial charge in [-0.15, -0.1) is 0 Å². The van der Waals surface area contributed by atoms with Crippen molar-refractivity contribution in [3.8, 4) is 0 Å². The summed E-state index contributed by atoms with van der Waals surface area (Å²) in [7, 11) is 0. The lowest BCUT2D eigenvalue weighted by Crippen LogP contribution is -2.38. The van der Waals surface area contributed by atoms with E-state index in [1.165, 1.54) is 16.8 Å². The molecule has 2 aliphatic rings. The number of ether oxygens (including phenoxy) is 1. The quantitative estimate of drug-likeness (QED) is 0.623. The van der Waals surface area contributed by atoms with Crippen molar-refractivity contribution in [2.45, 2.75) is 12.6 Å². The van der Waals surface area contributed by atoms with Gasteiger partial charge in [-0.2, -0.15) is 0 Å². The van der Waals surface area contributed by atoms with Crippen molar-refractivity contribution in [2.75, 3.05) is 18.6 Å². The van der Waals surface area contributed by atoms with Gasteiger partial charge in [0.2, 0.25) is 0 Å². The predicted molar refractivity (Wildman–Crippen MR) is 50.5 cm³/mol. The lowest BCUT2D eigenvalue weighted by Gasteiger charge is -2.33. The molecule has 1 unspecified atom stereocenters. The van der Waals surface area contributed by atoms with Gasteiger partial charge in [-0.1, -0.05) is 12.1 Å². The largest absolute Gasteiger partial charge is 0.375 e. The Balaban J connectivity index is 2.18. The fraction of sp³-hybridized carbons (Fsp3) is 0.400. The molecule has 0 aliphatic carbocycles. The number of rotatable bonds is 0. The highest BCUT2D eigenvalue weighted by atomic mass is 16.5. The molecule has 0 radical (unpaired) electrons. The summed E-state index contributed by atoms with van der Waals surface area (Å²) in [6.07, 6.45) is 0. The van der Waals surface area contributed by atoms with Crippen LogP contribution in [0.2, 0.25) is 0 Å². The normalized spacial score (nSPS) is 24.8. The van der Waals surface area contributed by atoms with Gasteiger partial charge in [-0.3, -0.25) is 5.32 Å². The molecule has 68 valence electrons. The van der Waals surface area contributed by atoms with Gasteiger partial charge in [0.25, 0.3) is 0 Å².